The molecule has 0 bridgehead atoms. The average molecular weight is 356 g/mol. The van der Waals surface area contributed by atoms with Gasteiger partial charge in [-0.05, 0) is 47.3 Å². The molecule has 0 aliphatic carbocycles. The van der Waals surface area contributed by atoms with Gasteiger partial charge >= 0.3 is 0 Å². The predicted octanol–water partition coefficient (Wildman–Crippen LogP) is 3.43. The summed E-state index contributed by atoms with van der Waals surface area (Å²) in [5.41, 5.74) is 5.43. The Morgan fingerprint density at radius 2 is 2.17 bits per heavy atom. The molecular weight excluding hydrogens is 336 g/mol. The number of thiophene rings is 1. The highest BCUT2D eigenvalue weighted by atomic mass is 79.9. The highest BCUT2D eigenvalue weighted by molar-refractivity contribution is 9.11. The number of halogens is 2. The van der Waals surface area contributed by atoms with Gasteiger partial charge < -0.3 is 11.1 Å². The lowest BCUT2D eigenvalue weighted by Gasteiger charge is -2.31. The van der Waals surface area contributed by atoms with E-state index in [4.69, 9.17) is 5.73 Å². The highest BCUT2D eigenvalue weighted by Gasteiger charge is 2.26. The van der Waals surface area contributed by atoms with Gasteiger partial charge in [0.25, 0.3) is 5.91 Å². The van der Waals surface area contributed by atoms with Gasteiger partial charge in [-0.2, -0.15) is 0 Å². The third-order valence-corrected chi connectivity index (χ3v) is 4.14. The van der Waals surface area contributed by atoms with Gasteiger partial charge in [0.05, 0.1) is 14.2 Å². The topological polar surface area (TPSA) is 55.1 Å². The van der Waals surface area contributed by atoms with E-state index in [1.165, 1.54) is 11.3 Å². The van der Waals surface area contributed by atoms with E-state index in [1.807, 2.05) is 19.1 Å². The van der Waals surface area contributed by atoms with Crippen molar-refractivity contribution in [2.75, 3.05) is 6.54 Å². The quantitative estimate of drug-likeness (QED) is 0.850. The van der Waals surface area contributed by atoms with Crippen LogP contribution in [0.1, 0.15) is 36.9 Å². The Morgan fingerprint density at radius 1 is 1.56 bits per heavy atom. The monoisotopic (exact) mass is 354 g/mol. The molecule has 0 radical (unpaired) electrons. The molecule has 1 rings (SSSR count). The number of rotatable bonds is 5. The van der Waals surface area contributed by atoms with E-state index >= 15 is 0 Å². The van der Waals surface area contributed by atoms with Crippen molar-refractivity contribution < 1.29 is 4.79 Å². The molecule has 3 nitrogen and oxygen atoms in total. The highest BCUT2D eigenvalue weighted by Crippen LogP contribution is 2.23. The summed E-state index contributed by atoms with van der Waals surface area (Å²) in [6.07, 6.45) is 0.877. The predicted molar refractivity (Wildman–Crippen MR) is 83.6 cm³/mol. The molecule has 1 heterocycles. The largest absolute Gasteiger partial charge is 0.345 e. The fourth-order valence-corrected chi connectivity index (χ4v) is 3.14. The minimum absolute atomic E-state index is 0. The van der Waals surface area contributed by atoms with E-state index < -0.39 is 0 Å². The first-order valence-electron chi connectivity index (χ1n) is 5.64. The Morgan fingerprint density at radius 3 is 2.56 bits per heavy atom. The average Bonchev–Trinajstić information content (AvgIpc) is 2.63. The molecule has 0 saturated carbocycles. The molecule has 3 N–H and O–H groups in total. The second kappa shape index (κ2) is 7.48. The maximum absolute atomic E-state index is 12.0. The van der Waals surface area contributed by atoms with Crippen LogP contribution in [0.4, 0.5) is 0 Å². The summed E-state index contributed by atoms with van der Waals surface area (Å²) < 4.78 is 0.959. The minimum atomic E-state index is -0.332. The minimum Gasteiger partial charge on any atom is -0.345 e. The number of amides is 1. The zero-order valence-corrected chi connectivity index (χ0v) is 14.0. The van der Waals surface area contributed by atoms with Crippen LogP contribution in [0, 0.1) is 5.92 Å². The standard InChI is InChI=1S/C12H19BrN2OS.ClH/c1-8(2)6-12(3,7-14)15-11(16)9-4-5-10(13)17-9;/h4-5,8H,6-7,14H2,1-3H3,(H,15,16);1H. The van der Waals surface area contributed by atoms with Gasteiger partial charge in [0, 0.05) is 6.54 Å². The number of hydrogen-bond acceptors (Lipinski definition) is 3. The van der Waals surface area contributed by atoms with E-state index in [0.29, 0.717) is 17.3 Å². The molecule has 0 aromatic carbocycles. The number of hydrogen-bond donors (Lipinski definition) is 2. The first kappa shape index (κ1) is 17.9. The lowest BCUT2D eigenvalue weighted by Crippen LogP contribution is -2.52. The van der Waals surface area contributed by atoms with Crippen LogP contribution in [0.25, 0.3) is 0 Å². The molecule has 18 heavy (non-hydrogen) atoms. The Balaban J connectivity index is 0.00000289. The summed E-state index contributed by atoms with van der Waals surface area (Å²) in [6, 6.07) is 3.69. The second-order valence-electron chi connectivity index (χ2n) is 4.92. The molecule has 6 heteroatoms. The van der Waals surface area contributed by atoms with Crippen molar-refractivity contribution in [1.82, 2.24) is 5.32 Å². The van der Waals surface area contributed by atoms with E-state index in [-0.39, 0.29) is 23.9 Å². The van der Waals surface area contributed by atoms with Crippen molar-refractivity contribution in [3.8, 4) is 0 Å². The summed E-state index contributed by atoms with van der Waals surface area (Å²) >= 11 is 4.78. The molecule has 0 fully saturated rings. The molecule has 0 aliphatic rings. The zero-order chi connectivity index (χ0) is 13.1. The third kappa shape index (κ3) is 5.26. The normalized spacial score (nSPS) is 13.9. The fraction of sp³-hybridized carbons (Fsp3) is 0.583. The van der Waals surface area contributed by atoms with Crippen LogP contribution in [0.3, 0.4) is 0 Å². The van der Waals surface area contributed by atoms with Crippen LogP contribution < -0.4 is 11.1 Å². The van der Waals surface area contributed by atoms with Gasteiger partial charge in [-0.1, -0.05) is 13.8 Å². The van der Waals surface area contributed by atoms with E-state index in [9.17, 15) is 4.79 Å². The van der Waals surface area contributed by atoms with Crippen molar-refractivity contribution in [1.29, 1.82) is 0 Å². The molecule has 0 saturated heterocycles. The number of carbonyl (C=O) groups excluding carboxylic acids is 1. The number of carbonyl (C=O) groups is 1. The molecule has 1 unspecified atom stereocenters. The van der Waals surface area contributed by atoms with Gasteiger partial charge in [0.1, 0.15) is 0 Å². The SMILES string of the molecule is CC(C)CC(C)(CN)NC(=O)c1ccc(Br)s1.Cl. The first-order valence-corrected chi connectivity index (χ1v) is 7.25. The molecule has 0 aliphatic heterocycles. The zero-order valence-electron chi connectivity index (χ0n) is 10.8. The van der Waals surface area contributed by atoms with Crippen molar-refractivity contribution in [2.45, 2.75) is 32.7 Å². The van der Waals surface area contributed by atoms with Crippen LogP contribution >= 0.6 is 39.7 Å². The van der Waals surface area contributed by atoms with E-state index in [2.05, 4.69) is 35.1 Å². The Hall–Kier alpha value is -0.100. The van der Waals surface area contributed by atoms with Gasteiger partial charge in [-0.3, -0.25) is 4.79 Å². The van der Waals surface area contributed by atoms with E-state index in [0.717, 1.165) is 10.2 Å². The molecular formula is C12H20BrClN2OS. The molecule has 1 amide bonds. The maximum atomic E-state index is 12.0. The van der Waals surface area contributed by atoms with Crippen LogP contribution in [0.15, 0.2) is 15.9 Å². The Kier molecular flexibility index (Phi) is 7.44. The summed E-state index contributed by atoms with van der Waals surface area (Å²) in [7, 11) is 0. The third-order valence-electron chi connectivity index (χ3n) is 2.52. The van der Waals surface area contributed by atoms with Crippen LogP contribution in [-0.2, 0) is 0 Å². The van der Waals surface area contributed by atoms with Crippen molar-refractivity contribution in [3.63, 3.8) is 0 Å². The number of nitrogens with one attached hydrogen (secondary N) is 1. The first-order chi connectivity index (χ1) is 7.86. The van der Waals surface area contributed by atoms with Crippen LogP contribution in [0.2, 0.25) is 0 Å². The lowest BCUT2D eigenvalue weighted by atomic mass is 9.90. The Bertz CT molecular complexity index is 397. The second-order valence-corrected chi connectivity index (χ2v) is 7.38. The number of nitrogens with two attached hydrogens (primary N) is 1. The fourth-order valence-electron chi connectivity index (χ4n) is 1.86. The van der Waals surface area contributed by atoms with Crippen LogP contribution in [-0.4, -0.2) is 18.0 Å². The van der Waals surface area contributed by atoms with Gasteiger partial charge in [-0.15, -0.1) is 23.7 Å². The van der Waals surface area contributed by atoms with Gasteiger partial charge in [0.15, 0.2) is 0 Å². The summed E-state index contributed by atoms with van der Waals surface area (Å²) in [4.78, 5) is 12.7. The summed E-state index contributed by atoms with van der Waals surface area (Å²) in [5.74, 6) is 0.452. The maximum Gasteiger partial charge on any atom is 0.261 e. The molecule has 1 atom stereocenters. The molecule has 1 aromatic heterocycles. The smallest absolute Gasteiger partial charge is 0.261 e. The summed E-state index contributed by atoms with van der Waals surface area (Å²) in [5, 5.41) is 3.03. The van der Waals surface area contributed by atoms with Crippen molar-refractivity contribution in [3.05, 3.63) is 20.8 Å². The lowest BCUT2D eigenvalue weighted by molar-refractivity contribution is 0.0902. The molecule has 1 aromatic rings. The van der Waals surface area contributed by atoms with Crippen LogP contribution in [0.5, 0.6) is 0 Å². The van der Waals surface area contributed by atoms with Gasteiger partial charge in [0.2, 0.25) is 0 Å². The van der Waals surface area contributed by atoms with Crippen molar-refractivity contribution in [2.24, 2.45) is 11.7 Å². The van der Waals surface area contributed by atoms with Gasteiger partial charge in [-0.25, -0.2) is 0 Å². The Labute approximate surface area is 127 Å². The molecule has 0 spiro atoms. The summed E-state index contributed by atoms with van der Waals surface area (Å²) in [6.45, 7) is 6.70. The molecule has 104 valence electrons. The van der Waals surface area contributed by atoms with Crippen molar-refractivity contribution >= 4 is 45.6 Å². The van der Waals surface area contributed by atoms with E-state index in [1.54, 1.807) is 0 Å².